The van der Waals surface area contributed by atoms with Crippen molar-refractivity contribution in [3.63, 3.8) is 0 Å². The Morgan fingerprint density at radius 1 is 1.26 bits per heavy atom. The summed E-state index contributed by atoms with van der Waals surface area (Å²) in [6, 6.07) is 15.7. The summed E-state index contributed by atoms with van der Waals surface area (Å²) in [5.74, 6) is 0.397. The summed E-state index contributed by atoms with van der Waals surface area (Å²) in [6.45, 7) is 0.550. The molecule has 0 aliphatic heterocycles. The Kier molecular flexibility index (Phi) is 4.35. The number of hydrogen-bond acceptors (Lipinski definition) is 4. The van der Waals surface area contributed by atoms with Gasteiger partial charge in [0.05, 0.1) is 31.0 Å². The maximum absolute atomic E-state index is 9.21. The van der Waals surface area contributed by atoms with Gasteiger partial charge in [-0.25, -0.2) is 4.98 Å². The molecular weight excluding hydrogens is 238 g/mol. The molecule has 0 amide bonds. The van der Waals surface area contributed by atoms with Gasteiger partial charge in [-0.05, 0) is 11.6 Å². The van der Waals surface area contributed by atoms with Crippen LogP contribution in [0.3, 0.4) is 0 Å². The number of anilines is 1. The van der Waals surface area contributed by atoms with Crippen molar-refractivity contribution in [3.05, 3.63) is 54.2 Å². The average Bonchev–Trinajstić information content (AvgIpc) is 2.49. The van der Waals surface area contributed by atoms with E-state index in [1.165, 1.54) is 0 Å². The van der Waals surface area contributed by atoms with E-state index in [9.17, 15) is 5.26 Å². The molecule has 1 aromatic carbocycles. The summed E-state index contributed by atoms with van der Waals surface area (Å²) in [7, 11) is 1.58. The second-order valence-electron chi connectivity index (χ2n) is 4.06. The molecule has 2 aromatic rings. The quantitative estimate of drug-likeness (QED) is 0.890. The second kappa shape index (κ2) is 6.41. The fraction of sp³-hybridized carbons (Fsp3) is 0.200. The molecule has 0 bridgehead atoms. The van der Waals surface area contributed by atoms with Crippen molar-refractivity contribution >= 4 is 5.69 Å². The lowest BCUT2D eigenvalue weighted by Crippen LogP contribution is -2.11. The van der Waals surface area contributed by atoms with Gasteiger partial charge in [0.1, 0.15) is 0 Å². The number of hydrogen-bond donors (Lipinski definition) is 1. The second-order valence-corrected chi connectivity index (χ2v) is 4.06. The summed E-state index contributed by atoms with van der Waals surface area (Å²) >= 11 is 0. The summed E-state index contributed by atoms with van der Waals surface area (Å²) < 4.78 is 4.99. The molecule has 1 aromatic heterocycles. The molecule has 1 atom stereocenters. The predicted octanol–water partition coefficient (Wildman–Crippen LogP) is 2.81. The van der Waals surface area contributed by atoms with Crippen LogP contribution in [0.2, 0.25) is 0 Å². The number of aromatic nitrogens is 1. The zero-order valence-electron chi connectivity index (χ0n) is 10.7. The van der Waals surface area contributed by atoms with Crippen LogP contribution in [0.5, 0.6) is 5.88 Å². The van der Waals surface area contributed by atoms with E-state index in [0.717, 1.165) is 11.3 Å². The molecule has 0 saturated heterocycles. The smallest absolute Gasteiger partial charge is 0.213 e. The van der Waals surface area contributed by atoms with Crippen molar-refractivity contribution in [1.82, 2.24) is 4.98 Å². The van der Waals surface area contributed by atoms with E-state index in [-0.39, 0.29) is 5.92 Å². The maximum Gasteiger partial charge on any atom is 0.213 e. The normalized spacial score (nSPS) is 11.4. The zero-order valence-corrected chi connectivity index (χ0v) is 10.7. The third-order valence-electron chi connectivity index (χ3n) is 2.81. The number of nitrogens with one attached hydrogen (secondary N) is 1. The van der Waals surface area contributed by atoms with Crippen LogP contribution in [-0.4, -0.2) is 18.6 Å². The van der Waals surface area contributed by atoms with Crippen LogP contribution in [0.15, 0.2) is 48.7 Å². The minimum Gasteiger partial charge on any atom is -0.481 e. The Balaban J connectivity index is 1.98. The molecule has 0 aliphatic rings. The molecule has 4 nitrogen and oxygen atoms in total. The van der Waals surface area contributed by atoms with Crippen LogP contribution in [0, 0.1) is 11.3 Å². The van der Waals surface area contributed by atoms with E-state index in [1.807, 2.05) is 36.4 Å². The third kappa shape index (κ3) is 3.46. The van der Waals surface area contributed by atoms with E-state index < -0.39 is 0 Å². The number of pyridine rings is 1. The molecule has 1 unspecified atom stereocenters. The van der Waals surface area contributed by atoms with Gasteiger partial charge in [0, 0.05) is 12.6 Å². The van der Waals surface area contributed by atoms with Crippen molar-refractivity contribution in [3.8, 4) is 11.9 Å². The van der Waals surface area contributed by atoms with Crippen LogP contribution in [0.4, 0.5) is 5.69 Å². The third-order valence-corrected chi connectivity index (χ3v) is 2.81. The molecule has 2 rings (SSSR count). The van der Waals surface area contributed by atoms with Crippen LogP contribution in [0.25, 0.3) is 0 Å². The number of nitriles is 1. The molecule has 4 heteroatoms. The lowest BCUT2D eigenvalue weighted by atomic mass is 10.0. The Bertz CT molecular complexity index is 546. The van der Waals surface area contributed by atoms with Crippen molar-refractivity contribution in [2.75, 3.05) is 19.0 Å². The van der Waals surface area contributed by atoms with Gasteiger partial charge in [-0.2, -0.15) is 5.26 Å². The molecule has 0 fully saturated rings. The molecular formula is C15H15N3O. The highest BCUT2D eigenvalue weighted by molar-refractivity contribution is 5.43. The zero-order chi connectivity index (χ0) is 13.5. The minimum absolute atomic E-state index is 0.177. The van der Waals surface area contributed by atoms with Crippen LogP contribution in [0.1, 0.15) is 11.5 Å². The molecule has 0 saturated carbocycles. The van der Waals surface area contributed by atoms with E-state index in [1.54, 1.807) is 19.4 Å². The molecule has 0 aliphatic carbocycles. The molecule has 96 valence electrons. The fourth-order valence-electron chi connectivity index (χ4n) is 1.75. The first kappa shape index (κ1) is 12.9. The van der Waals surface area contributed by atoms with E-state index in [2.05, 4.69) is 16.4 Å². The highest BCUT2D eigenvalue weighted by Gasteiger charge is 2.09. The highest BCUT2D eigenvalue weighted by atomic mass is 16.5. The van der Waals surface area contributed by atoms with Gasteiger partial charge in [0.2, 0.25) is 5.88 Å². The minimum atomic E-state index is -0.177. The standard InChI is InChI=1S/C15H15N3O/c1-19-15-8-7-14(11-18-15)17-10-13(9-16)12-5-3-2-4-6-12/h2-8,11,13,17H,10H2,1H3. The largest absolute Gasteiger partial charge is 0.481 e. The first-order valence-corrected chi connectivity index (χ1v) is 6.02. The first-order valence-electron chi connectivity index (χ1n) is 6.02. The van der Waals surface area contributed by atoms with Gasteiger partial charge in [-0.1, -0.05) is 30.3 Å². The SMILES string of the molecule is COc1ccc(NCC(C#N)c2ccccc2)cn1. The number of methoxy groups -OCH3 is 1. The maximum atomic E-state index is 9.21. The van der Waals surface area contributed by atoms with Gasteiger partial charge >= 0.3 is 0 Å². The Morgan fingerprint density at radius 3 is 2.63 bits per heavy atom. The average molecular weight is 253 g/mol. The number of benzene rings is 1. The van der Waals surface area contributed by atoms with Crippen molar-refractivity contribution in [1.29, 1.82) is 5.26 Å². The fourth-order valence-corrected chi connectivity index (χ4v) is 1.75. The molecule has 19 heavy (non-hydrogen) atoms. The summed E-state index contributed by atoms with van der Waals surface area (Å²) in [5.41, 5.74) is 1.89. The summed E-state index contributed by atoms with van der Waals surface area (Å²) in [5, 5.41) is 12.4. The van der Waals surface area contributed by atoms with Crippen LogP contribution in [-0.2, 0) is 0 Å². The molecule has 0 spiro atoms. The number of rotatable bonds is 5. The predicted molar refractivity (Wildman–Crippen MR) is 74.1 cm³/mol. The Labute approximate surface area is 112 Å². The lowest BCUT2D eigenvalue weighted by Gasteiger charge is -2.11. The number of nitrogens with zero attached hydrogens (tertiary/aromatic N) is 2. The molecule has 1 heterocycles. The van der Waals surface area contributed by atoms with Gasteiger partial charge in [-0.3, -0.25) is 0 Å². The molecule has 0 radical (unpaired) electrons. The van der Waals surface area contributed by atoms with Gasteiger partial charge in [0.15, 0.2) is 0 Å². The monoisotopic (exact) mass is 253 g/mol. The van der Waals surface area contributed by atoms with Gasteiger partial charge in [0.25, 0.3) is 0 Å². The van der Waals surface area contributed by atoms with E-state index in [4.69, 9.17) is 4.74 Å². The lowest BCUT2D eigenvalue weighted by molar-refractivity contribution is 0.398. The number of ether oxygens (including phenoxy) is 1. The van der Waals surface area contributed by atoms with Crippen LogP contribution >= 0.6 is 0 Å². The van der Waals surface area contributed by atoms with Crippen molar-refractivity contribution in [2.24, 2.45) is 0 Å². The Morgan fingerprint density at radius 2 is 2.05 bits per heavy atom. The van der Waals surface area contributed by atoms with Crippen LogP contribution < -0.4 is 10.1 Å². The summed E-state index contributed by atoms with van der Waals surface area (Å²) in [6.07, 6.45) is 1.69. The van der Waals surface area contributed by atoms with Crippen molar-refractivity contribution < 1.29 is 4.74 Å². The topological polar surface area (TPSA) is 57.9 Å². The van der Waals surface area contributed by atoms with Gasteiger partial charge < -0.3 is 10.1 Å². The van der Waals surface area contributed by atoms with Gasteiger partial charge in [-0.15, -0.1) is 0 Å². The van der Waals surface area contributed by atoms with E-state index >= 15 is 0 Å². The van der Waals surface area contributed by atoms with Crippen molar-refractivity contribution in [2.45, 2.75) is 5.92 Å². The Hall–Kier alpha value is -2.54. The summed E-state index contributed by atoms with van der Waals surface area (Å²) in [4.78, 5) is 4.11. The van der Waals surface area contributed by atoms with E-state index in [0.29, 0.717) is 12.4 Å². The molecule has 1 N–H and O–H groups in total. The first-order chi connectivity index (χ1) is 9.33. The highest BCUT2D eigenvalue weighted by Crippen LogP contribution is 2.16.